The standard InChI is InChI=1S/C12H9N3O/c13-12-7-11(16-15-12)9-4-3-8-2-1-5-14-10(8)6-9/h1-7H,(H2,13,15). The van der Waals surface area contributed by atoms with Gasteiger partial charge in [0, 0.05) is 23.2 Å². The lowest BCUT2D eigenvalue weighted by molar-refractivity contribution is 0.436. The van der Waals surface area contributed by atoms with Crippen molar-refractivity contribution < 1.29 is 4.52 Å². The average Bonchev–Trinajstić information content (AvgIpc) is 2.75. The van der Waals surface area contributed by atoms with Crippen LogP contribution in [0.15, 0.2) is 47.1 Å². The first-order valence-corrected chi connectivity index (χ1v) is 4.90. The summed E-state index contributed by atoms with van der Waals surface area (Å²) in [4.78, 5) is 4.28. The van der Waals surface area contributed by atoms with Gasteiger partial charge in [-0.05, 0) is 12.1 Å². The Labute approximate surface area is 91.7 Å². The molecule has 0 saturated carbocycles. The molecule has 0 radical (unpaired) electrons. The van der Waals surface area contributed by atoms with Gasteiger partial charge in [0.2, 0.25) is 0 Å². The van der Waals surface area contributed by atoms with Crippen molar-refractivity contribution in [2.45, 2.75) is 0 Å². The van der Waals surface area contributed by atoms with Crippen LogP contribution in [0.25, 0.3) is 22.2 Å². The van der Waals surface area contributed by atoms with E-state index in [1.807, 2.05) is 30.3 Å². The average molecular weight is 211 g/mol. The van der Waals surface area contributed by atoms with Gasteiger partial charge in [-0.25, -0.2) is 0 Å². The van der Waals surface area contributed by atoms with E-state index >= 15 is 0 Å². The van der Waals surface area contributed by atoms with Crippen molar-refractivity contribution in [3.8, 4) is 11.3 Å². The van der Waals surface area contributed by atoms with E-state index in [2.05, 4.69) is 10.1 Å². The minimum atomic E-state index is 0.385. The van der Waals surface area contributed by atoms with Crippen LogP contribution in [0.3, 0.4) is 0 Å². The van der Waals surface area contributed by atoms with E-state index in [9.17, 15) is 0 Å². The van der Waals surface area contributed by atoms with E-state index in [-0.39, 0.29) is 0 Å². The summed E-state index contributed by atoms with van der Waals surface area (Å²) in [5.41, 5.74) is 7.36. The van der Waals surface area contributed by atoms with Crippen molar-refractivity contribution in [3.63, 3.8) is 0 Å². The molecule has 2 aromatic heterocycles. The smallest absolute Gasteiger partial charge is 0.169 e. The van der Waals surface area contributed by atoms with Crippen LogP contribution >= 0.6 is 0 Å². The largest absolute Gasteiger partial charge is 0.381 e. The zero-order valence-corrected chi connectivity index (χ0v) is 8.42. The van der Waals surface area contributed by atoms with Gasteiger partial charge in [0.25, 0.3) is 0 Å². The fraction of sp³-hybridized carbons (Fsp3) is 0. The third-order valence-corrected chi connectivity index (χ3v) is 2.42. The van der Waals surface area contributed by atoms with Gasteiger partial charge in [-0.1, -0.05) is 23.4 Å². The van der Waals surface area contributed by atoms with Gasteiger partial charge in [-0.15, -0.1) is 0 Å². The Bertz CT molecular complexity index is 645. The Balaban J connectivity index is 2.18. The van der Waals surface area contributed by atoms with Crippen LogP contribution in [-0.2, 0) is 0 Å². The SMILES string of the molecule is Nc1cc(-c2ccc3cccnc3c2)on1. The molecular weight excluding hydrogens is 202 g/mol. The molecule has 0 aliphatic rings. The maximum absolute atomic E-state index is 5.51. The normalized spacial score (nSPS) is 10.8. The maximum atomic E-state index is 5.51. The van der Waals surface area contributed by atoms with Gasteiger partial charge < -0.3 is 10.3 Å². The minimum absolute atomic E-state index is 0.385. The zero-order valence-electron chi connectivity index (χ0n) is 8.42. The second-order valence-electron chi connectivity index (χ2n) is 3.53. The van der Waals surface area contributed by atoms with Crippen molar-refractivity contribution in [2.24, 2.45) is 0 Å². The van der Waals surface area contributed by atoms with E-state index in [0.717, 1.165) is 16.5 Å². The summed E-state index contributed by atoms with van der Waals surface area (Å²) < 4.78 is 5.10. The summed E-state index contributed by atoms with van der Waals surface area (Å²) in [7, 11) is 0. The number of pyridine rings is 1. The summed E-state index contributed by atoms with van der Waals surface area (Å²) in [6, 6.07) is 11.5. The molecule has 0 saturated heterocycles. The molecule has 0 bridgehead atoms. The first-order chi connectivity index (χ1) is 7.83. The second kappa shape index (κ2) is 3.34. The molecule has 3 rings (SSSR count). The van der Waals surface area contributed by atoms with Crippen molar-refractivity contribution in [3.05, 3.63) is 42.6 Å². The number of nitrogens with zero attached hydrogens (tertiary/aromatic N) is 2. The number of hydrogen-bond acceptors (Lipinski definition) is 4. The highest BCUT2D eigenvalue weighted by Gasteiger charge is 2.05. The van der Waals surface area contributed by atoms with Crippen LogP contribution < -0.4 is 5.73 Å². The van der Waals surface area contributed by atoms with Crippen LogP contribution in [0.1, 0.15) is 0 Å². The van der Waals surface area contributed by atoms with Gasteiger partial charge in [-0.3, -0.25) is 4.98 Å². The third kappa shape index (κ3) is 1.40. The quantitative estimate of drug-likeness (QED) is 0.671. The van der Waals surface area contributed by atoms with E-state index < -0.39 is 0 Å². The number of aromatic nitrogens is 2. The summed E-state index contributed by atoms with van der Waals surface area (Å²) in [6.45, 7) is 0. The number of hydrogen-bond donors (Lipinski definition) is 1. The molecule has 0 atom stereocenters. The minimum Gasteiger partial charge on any atom is -0.381 e. The molecule has 78 valence electrons. The van der Waals surface area contributed by atoms with Gasteiger partial charge in [-0.2, -0.15) is 0 Å². The second-order valence-corrected chi connectivity index (χ2v) is 3.53. The molecule has 0 aliphatic carbocycles. The van der Waals surface area contributed by atoms with Crippen LogP contribution in [0.4, 0.5) is 5.82 Å². The lowest BCUT2D eigenvalue weighted by atomic mass is 10.1. The highest BCUT2D eigenvalue weighted by atomic mass is 16.5. The molecule has 2 N–H and O–H groups in total. The Morgan fingerprint density at radius 3 is 2.88 bits per heavy atom. The van der Waals surface area contributed by atoms with E-state index in [1.54, 1.807) is 12.3 Å². The fourth-order valence-electron chi connectivity index (χ4n) is 1.64. The van der Waals surface area contributed by atoms with Crippen molar-refractivity contribution in [2.75, 3.05) is 5.73 Å². The summed E-state index contributed by atoms with van der Waals surface area (Å²) >= 11 is 0. The molecule has 4 heteroatoms. The van der Waals surface area contributed by atoms with Crippen LogP contribution in [-0.4, -0.2) is 10.1 Å². The van der Waals surface area contributed by atoms with E-state index in [0.29, 0.717) is 11.6 Å². The van der Waals surface area contributed by atoms with Crippen LogP contribution in [0.5, 0.6) is 0 Å². The first kappa shape index (κ1) is 8.91. The van der Waals surface area contributed by atoms with E-state index in [1.165, 1.54) is 0 Å². The Morgan fingerprint density at radius 1 is 1.12 bits per heavy atom. The fourth-order valence-corrected chi connectivity index (χ4v) is 1.64. The lowest BCUT2D eigenvalue weighted by Crippen LogP contribution is -1.80. The first-order valence-electron chi connectivity index (χ1n) is 4.90. The summed E-state index contributed by atoms with van der Waals surface area (Å²) in [5, 5.41) is 4.75. The topological polar surface area (TPSA) is 64.9 Å². The number of anilines is 1. The number of rotatable bonds is 1. The molecule has 4 nitrogen and oxygen atoms in total. The third-order valence-electron chi connectivity index (χ3n) is 2.42. The molecular formula is C12H9N3O. The van der Waals surface area contributed by atoms with Crippen LogP contribution in [0.2, 0.25) is 0 Å². The predicted molar refractivity (Wildman–Crippen MR) is 61.7 cm³/mol. The number of nitrogen functional groups attached to an aromatic ring is 1. The van der Waals surface area contributed by atoms with E-state index in [4.69, 9.17) is 10.3 Å². The summed E-state index contributed by atoms with van der Waals surface area (Å²) in [5.74, 6) is 1.04. The maximum Gasteiger partial charge on any atom is 0.169 e. The Hall–Kier alpha value is -2.36. The number of fused-ring (bicyclic) bond motifs is 1. The van der Waals surface area contributed by atoms with Gasteiger partial charge in [0.1, 0.15) is 0 Å². The molecule has 0 unspecified atom stereocenters. The highest BCUT2D eigenvalue weighted by molar-refractivity contribution is 5.83. The number of benzene rings is 1. The van der Waals surface area contributed by atoms with Crippen molar-refractivity contribution >= 4 is 16.7 Å². The van der Waals surface area contributed by atoms with Gasteiger partial charge in [0.05, 0.1) is 5.52 Å². The molecule has 0 spiro atoms. The molecule has 0 amide bonds. The molecule has 0 fully saturated rings. The molecule has 3 aromatic rings. The Kier molecular flexibility index (Phi) is 1.86. The van der Waals surface area contributed by atoms with Gasteiger partial charge >= 0.3 is 0 Å². The molecule has 16 heavy (non-hydrogen) atoms. The highest BCUT2D eigenvalue weighted by Crippen LogP contribution is 2.24. The lowest BCUT2D eigenvalue weighted by Gasteiger charge is -1.98. The molecule has 2 heterocycles. The van der Waals surface area contributed by atoms with Crippen LogP contribution in [0, 0.1) is 0 Å². The van der Waals surface area contributed by atoms with Gasteiger partial charge in [0.15, 0.2) is 11.6 Å². The predicted octanol–water partition coefficient (Wildman–Crippen LogP) is 2.47. The number of nitrogens with two attached hydrogens (primary N) is 1. The van der Waals surface area contributed by atoms with Crippen molar-refractivity contribution in [1.29, 1.82) is 0 Å². The monoisotopic (exact) mass is 211 g/mol. The molecule has 1 aromatic carbocycles. The zero-order chi connectivity index (χ0) is 11.0. The molecule has 0 aliphatic heterocycles. The van der Waals surface area contributed by atoms with Crippen molar-refractivity contribution in [1.82, 2.24) is 10.1 Å². The summed E-state index contributed by atoms with van der Waals surface area (Å²) in [6.07, 6.45) is 1.76. The Morgan fingerprint density at radius 2 is 2.06 bits per heavy atom.